The zero-order valence-electron chi connectivity index (χ0n) is 10.6. The number of rotatable bonds is 4. The molecule has 0 saturated carbocycles. The molecule has 0 N–H and O–H groups in total. The maximum atomic E-state index is 12.2. The molecule has 2 aromatic rings. The monoisotopic (exact) mass is 254 g/mol. The third kappa shape index (κ3) is 2.37. The molecule has 0 bridgehead atoms. The highest BCUT2D eigenvalue weighted by molar-refractivity contribution is 6.01. The molecule has 2 atom stereocenters. The quantitative estimate of drug-likeness (QED) is 0.622. The second-order valence-corrected chi connectivity index (χ2v) is 4.48. The molecule has 1 aliphatic rings. The van der Waals surface area contributed by atoms with Crippen LogP contribution in [0.25, 0.3) is 0 Å². The van der Waals surface area contributed by atoms with Gasteiger partial charge in [0.2, 0.25) is 0 Å². The van der Waals surface area contributed by atoms with E-state index in [4.69, 9.17) is 9.47 Å². The molecular formula is C16H14O3. The zero-order chi connectivity index (χ0) is 13.2. The summed E-state index contributed by atoms with van der Waals surface area (Å²) in [6.45, 7) is 0. The van der Waals surface area contributed by atoms with Crippen molar-refractivity contribution >= 4 is 5.78 Å². The minimum atomic E-state index is -0.366. The summed E-state index contributed by atoms with van der Waals surface area (Å²) in [7, 11) is 1.62. The summed E-state index contributed by atoms with van der Waals surface area (Å²) in [5, 5.41) is 0. The lowest BCUT2D eigenvalue weighted by atomic mass is 10.0. The number of benzene rings is 2. The fourth-order valence-corrected chi connectivity index (χ4v) is 2.15. The van der Waals surface area contributed by atoms with Crippen molar-refractivity contribution in [2.75, 3.05) is 7.11 Å². The van der Waals surface area contributed by atoms with Gasteiger partial charge in [0.1, 0.15) is 11.9 Å². The number of epoxide rings is 1. The molecule has 96 valence electrons. The second-order valence-electron chi connectivity index (χ2n) is 4.48. The molecule has 3 nitrogen and oxygen atoms in total. The molecule has 1 saturated heterocycles. The number of Topliss-reactive ketones (excluding diaryl/α,β-unsaturated/α-hetero) is 1. The van der Waals surface area contributed by atoms with E-state index in [1.807, 2.05) is 54.6 Å². The summed E-state index contributed by atoms with van der Waals surface area (Å²) in [6, 6.07) is 16.9. The van der Waals surface area contributed by atoms with Crippen LogP contribution in [0, 0.1) is 0 Å². The van der Waals surface area contributed by atoms with Gasteiger partial charge in [-0.1, -0.05) is 42.5 Å². The SMILES string of the molecule is COc1cccc([C@H]2O[C@@H]2C(=O)c2ccccc2)c1. The normalized spacial score (nSPS) is 20.9. The van der Waals surface area contributed by atoms with Gasteiger partial charge in [-0.05, 0) is 17.7 Å². The highest BCUT2D eigenvalue weighted by Gasteiger charge is 2.46. The summed E-state index contributed by atoms with van der Waals surface area (Å²) in [4.78, 5) is 12.2. The Morgan fingerprint density at radius 3 is 2.63 bits per heavy atom. The Labute approximate surface area is 111 Å². The number of carbonyl (C=O) groups is 1. The van der Waals surface area contributed by atoms with E-state index in [0.717, 1.165) is 11.3 Å². The highest BCUT2D eigenvalue weighted by atomic mass is 16.6. The van der Waals surface area contributed by atoms with Gasteiger partial charge in [0.05, 0.1) is 7.11 Å². The Kier molecular flexibility index (Phi) is 3.05. The van der Waals surface area contributed by atoms with Gasteiger partial charge in [-0.25, -0.2) is 0 Å². The van der Waals surface area contributed by atoms with Crippen molar-refractivity contribution < 1.29 is 14.3 Å². The predicted molar refractivity (Wildman–Crippen MR) is 71.4 cm³/mol. The summed E-state index contributed by atoms with van der Waals surface area (Å²) < 4.78 is 10.7. The number of hydrogen-bond donors (Lipinski definition) is 0. The molecule has 1 heterocycles. The first-order valence-corrected chi connectivity index (χ1v) is 6.18. The standard InChI is InChI=1S/C16H14O3/c1-18-13-9-5-8-12(10-13)15-16(19-15)14(17)11-6-3-2-4-7-11/h2-10,15-16H,1H3/t15-,16-/m1/s1. The summed E-state index contributed by atoms with van der Waals surface area (Å²) in [6.07, 6.45) is -0.516. The lowest BCUT2D eigenvalue weighted by Gasteiger charge is -2.01. The fourth-order valence-electron chi connectivity index (χ4n) is 2.15. The second kappa shape index (κ2) is 4.86. The van der Waals surface area contributed by atoms with Crippen molar-refractivity contribution in [3.63, 3.8) is 0 Å². The summed E-state index contributed by atoms with van der Waals surface area (Å²) in [5.41, 5.74) is 1.67. The van der Waals surface area contributed by atoms with Crippen LogP contribution in [-0.2, 0) is 4.74 Å². The molecule has 0 amide bonds. The van der Waals surface area contributed by atoms with E-state index in [9.17, 15) is 4.79 Å². The Morgan fingerprint density at radius 2 is 1.89 bits per heavy atom. The molecule has 3 rings (SSSR count). The van der Waals surface area contributed by atoms with Crippen LogP contribution in [0.15, 0.2) is 54.6 Å². The third-order valence-corrected chi connectivity index (χ3v) is 3.23. The first kappa shape index (κ1) is 11.9. The van der Waals surface area contributed by atoms with E-state index in [1.165, 1.54) is 0 Å². The minimum absolute atomic E-state index is 0.0356. The predicted octanol–water partition coefficient (Wildman–Crippen LogP) is 3.02. The first-order valence-electron chi connectivity index (χ1n) is 6.18. The van der Waals surface area contributed by atoms with Crippen LogP contribution in [0.1, 0.15) is 22.0 Å². The minimum Gasteiger partial charge on any atom is -0.497 e. The van der Waals surface area contributed by atoms with Crippen molar-refractivity contribution in [1.29, 1.82) is 0 Å². The molecule has 19 heavy (non-hydrogen) atoms. The topological polar surface area (TPSA) is 38.8 Å². The largest absolute Gasteiger partial charge is 0.497 e. The first-order chi connectivity index (χ1) is 9.29. The van der Waals surface area contributed by atoms with E-state index in [1.54, 1.807) is 7.11 Å². The van der Waals surface area contributed by atoms with Gasteiger partial charge in [-0.3, -0.25) is 4.79 Å². The van der Waals surface area contributed by atoms with Gasteiger partial charge < -0.3 is 9.47 Å². The Bertz CT molecular complexity index is 592. The smallest absolute Gasteiger partial charge is 0.194 e. The highest BCUT2D eigenvalue weighted by Crippen LogP contribution is 2.41. The van der Waals surface area contributed by atoms with Crippen LogP contribution in [0.2, 0.25) is 0 Å². The molecule has 0 unspecified atom stereocenters. The maximum Gasteiger partial charge on any atom is 0.194 e. The van der Waals surface area contributed by atoms with Crippen LogP contribution in [0.3, 0.4) is 0 Å². The summed E-state index contributed by atoms with van der Waals surface area (Å²) >= 11 is 0. The summed E-state index contributed by atoms with van der Waals surface area (Å²) in [5.74, 6) is 0.812. The van der Waals surface area contributed by atoms with Crippen LogP contribution >= 0.6 is 0 Å². The molecule has 1 aliphatic heterocycles. The Balaban J connectivity index is 1.76. The van der Waals surface area contributed by atoms with Crippen molar-refractivity contribution in [3.05, 3.63) is 65.7 Å². The molecule has 0 aliphatic carbocycles. The number of methoxy groups -OCH3 is 1. The fraction of sp³-hybridized carbons (Fsp3) is 0.188. The molecule has 0 radical (unpaired) electrons. The number of ether oxygens (including phenoxy) is 2. The average Bonchev–Trinajstić information content (AvgIpc) is 3.28. The number of carbonyl (C=O) groups excluding carboxylic acids is 1. The van der Waals surface area contributed by atoms with Crippen LogP contribution in [0.4, 0.5) is 0 Å². The Morgan fingerprint density at radius 1 is 1.11 bits per heavy atom. The number of hydrogen-bond acceptors (Lipinski definition) is 3. The van der Waals surface area contributed by atoms with E-state index in [-0.39, 0.29) is 18.0 Å². The van der Waals surface area contributed by atoms with Gasteiger partial charge in [-0.2, -0.15) is 0 Å². The van der Waals surface area contributed by atoms with E-state index >= 15 is 0 Å². The van der Waals surface area contributed by atoms with Crippen molar-refractivity contribution in [1.82, 2.24) is 0 Å². The Hall–Kier alpha value is -2.13. The third-order valence-electron chi connectivity index (χ3n) is 3.23. The van der Waals surface area contributed by atoms with Crippen molar-refractivity contribution in [3.8, 4) is 5.75 Å². The van der Waals surface area contributed by atoms with Gasteiger partial charge in [0.25, 0.3) is 0 Å². The maximum absolute atomic E-state index is 12.2. The van der Waals surface area contributed by atoms with Crippen molar-refractivity contribution in [2.24, 2.45) is 0 Å². The molecule has 0 spiro atoms. The van der Waals surface area contributed by atoms with Gasteiger partial charge in [-0.15, -0.1) is 0 Å². The van der Waals surface area contributed by atoms with Crippen molar-refractivity contribution in [2.45, 2.75) is 12.2 Å². The van der Waals surface area contributed by atoms with E-state index in [2.05, 4.69) is 0 Å². The van der Waals surface area contributed by atoms with E-state index < -0.39 is 0 Å². The number of ketones is 1. The van der Waals surface area contributed by atoms with Gasteiger partial charge in [0.15, 0.2) is 11.9 Å². The lowest BCUT2D eigenvalue weighted by Crippen LogP contribution is -2.07. The molecule has 3 heteroatoms. The zero-order valence-corrected chi connectivity index (χ0v) is 10.6. The average molecular weight is 254 g/mol. The lowest BCUT2D eigenvalue weighted by molar-refractivity contribution is 0.0953. The molecule has 1 fully saturated rings. The van der Waals surface area contributed by atoms with Crippen LogP contribution in [0.5, 0.6) is 5.75 Å². The van der Waals surface area contributed by atoms with Crippen LogP contribution < -0.4 is 4.74 Å². The van der Waals surface area contributed by atoms with Gasteiger partial charge >= 0.3 is 0 Å². The van der Waals surface area contributed by atoms with Crippen LogP contribution in [-0.4, -0.2) is 19.0 Å². The molecule has 2 aromatic carbocycles. The van der Waals surface area contributed by atoms with Gasteiger partial charge in [0, 0.05) is 5.56 Å². The molecular weight excluding hydrogens is 240 g/mol. The molecule has 0 aromatic heterocycles. The van der Waals surface area contributed by atoms with E-state index in [0.29, 0.717) is 5.56 Å².